The van der Waals surface area contributed by atoms with E-state index in [0.717, 1.165) is 10.2 Å². The van der Waals surface area contributed by atoms with Crippen molar-refractivity contribution < 1.29 is 14.2 Å². The second-order valence-corrected chi connectivity index (χ2v) is 6.98. The van der Waals surface area contributed by atoms with E-state index in [4.69, 9.17) is 11.2 Å². The SMILES string of the molecule is N[C@H]1CCCN(P(N)(=O)NC(=O)Cc2ccccc2)C1=O. The molecule has 7 nitrogen and oxygen atoms in total. The first kappa shape index (κ1) is 15.7. The van der Waals surface area contributed by atoms with E-state index in [1.54, 1.807) is 24.3 Å². The highest BCUT2D eigenvalue weighted by Crippen LogP contribution is 2.39. The van der Waals surface area contributed by atoms with Crippen LogP contribution in [0.2, 0.25) is 0 Å². The van der Waals surface area contributed by atoms with E-state index in [2.05, 4.69) is 5.09 Å². The molecule has 1 fully saturated rings. The highest BCUT2D eigenvalue weighted by Gasteiger charge is 2.37. The number of benzene rings is 1. The first-order valence-corrected chi connectivity index (χ1v) is 8.44. The van der Waals surface area contributed by atoms with Gasteiger partial charge in [0.05, 0.1) is 12.5 Å². The van der Waals surface area contributed by atoms with Gasteiger partial charge in [0, 0.05) is 6.54 Å². The number of hydrogen-bond donors (Lipinski definition) is 3. The Balaban J connectivity index is 2.01. The van der Waals surface area contributed by atoms with Gasteiger partial charge in [-0.1, -0.05) is 30.3 Å². The number of piperidine rings is 1. The lowest BCUT2D eigenvalue weighted by Gasteiger charge is -2.34. The average Bonchev–Trinajstić information content (AvgIpc) is 2.42. The zero-order chi connectivity index (χ0) is 15.5. The smallest absolute Gasteiger partial charge is 0.320 e. The van der Waals surface area contributed by atoms with E-state index in [1.165, 1.54) is 0 Å². The Morgan fingerprint density at radius 1 is 1.38 bits per heavy atom. The summed E-state index contributed by atoms with van der Waals surface area (Å²) in [5.41, 5.74) is 12.1. The quantitative estimate of drug-likeness (QED) is 0.694. The summed E-state index contributed by atoms with van der Waals surface area (Å²) in [5.74, 6) is -0.967. The lowest BCUT2D eigenvalue weighted by Crippen LogP contribution is -2.50. The number of nitrogens with zero attached hydrogens (tertiary/aromatic N) is 1. The minimum absolute atomic E-state index is 0.0517. The molecule has 1 saturated heterocycles. The maximum Gasteiger partial charge on any atom is 0.332 e. The standard InChI is InChI=1S/C13H19N4O3P/c14-11-7-4-8-17(13(11)19)21(15,20)16-12(18)9-10-5-2-1-3-6-10/h1-3,5-6,11H,4,7-9,14H2,(H3,15,16,18,20)/t11-,21?/m0/s1. The number of nitrogens with one attached hydrogen (secondary N) is 1. The van der Waals surface area contributed by atoms with Gasteiger partial charge in [-0.3, -0.25) is 23.9 Å². The van der Waals surface area contributed by atoms with Gasteiger partial charge in [0.2, 0.25) is 11.8 Å². The molecule has 2 amide bonds. The normalized spacial score (nSPS) is 21.7. The lowest BCUT2D eigenvalue weighted by atomic mass is 10.1. The zero-order valence-electron chi connectivity index (χ0n) is 11.6. The Bertz CT molecular complexity index is 578. The molecule has 0 bridgehead atoms. The fourth-order valence-corrected chi connectivity index (χ4v) is 3.68. The van der Waals surface area contributed by atoms with Crippen molar-refractivity contribution in [1.82, 2.24) is 9.76 Å². The summed E-state index contributed by atoms with van der Waals surface area (Å²) in [4.78, 5) is 23.8. The van der Waals surface area contributed by atoms with Gasteiger partial charge in [-0.15, -0.1) is 0 Å². The average molecular weight is 310 g/mol. The number of amides is 2. The predicted octanol–water partition coefficient (Wildman–Crippen LogP) is 0.362. The Kier molecular flexibility index (Phi) is 4.77. The summed E-state index contributed by atoms with van der Waals surface area (Å²) >= 11 is 0. The summed E-state index contributed by atoms with van der Waals surface area (Å²) in [6.07, 6.45) is 1.20. The number of nitrogens with two attached hydrogens (primary N) is 2. The third-order valence-electron chi connectivity index (χ3n) is 3.31. The first-order valence-electron chi connectivity index (χ1n) is 6.71. The predicted molar refractivity (Wildman–Crippen MR) is 79.0 cm³/mol. The van der Waals surface area contributed by atoms with Crippen molar-refractivity contribution in [3.63, 3.8) is 0 Å². The van der Waals surface area contributed by atoms with Crippen molar-refractivity contribution in [2.45, 2.75) is 25.3 Å². The Labute approximate surface area is 123 Å². The van der Waals surface area contributed by atoms with Gasteiger partial charge in [0.1, 0.15) is 0 Å². The molecule has 0 saturated carbocycles. The molecule has 5 N–H and O–H groups in total. The molecular weight excluding hydrogens is 291 g/mol. The third kappa shape index (κ3) is 3.91. The number of rotatable bonds is 4. The molecule has 2 rings (SSSR count). The molecule has 0 radical (unpaired) electrons. The van der Waals surface area contributed by atoms with Gasteiger partial charge in [-0.2, -0.15) is 0 Å². The number of hydrogen-bond acceptors (Lipinski definition) is 4. The zero-order valence-corrected chi connectivity index (χ0v) is 12.5. The number of carbonyl (C=O) groups excluding carboxylic acids is 2. The van der Waals surface area contributed by atoms with E-state index in [9.17, 15) is 14.2 Å². The monoisotopic (exact) mass is 310 g/mol. The van der Waals surface area contributed by atoms with Crippen LogP contribution in [0.4, 0.5) is 0 Å². The maximum atomic E-state index is 12.4. The Morgan fingerprint density at radius 2 is 2.05 bits per heavy atom. The molecule has 2 atom stereocenters. The van der Waals surface area contributed by atoms with E-state index < -0.39 is 25.5 Å². The van der Waals surface area contributed by atoms with Crippen molar-refractivity contribution >= 4 is 19.4 Å². The molecule has 1 aliphatic heterocycles. The number of carbonyl (C=O) groups is 2. The minimum atomic E-state index is -3.75. The van der Waals surface area contributed by atoms with Crippen molar-refractivity contribution in [2.75, 3.05) is 6.54 Å². The molecule has 114 valence electrons. The van der Waals surface area contributed by atoms with Gasteiger partial charge in [0.15, 0.2) is 0 Å². The van der Waals surface area contributed by atoms with Crippen LogP contribution in [0.25, 0.3) is 0 Å². The van der Waals surface area contributed by atoms with E-state index in [0.29, 0.717) is 12.8 Å². The van der Waals surface area contributed by atoms with Crippen LogP contribution < -0.4 is 16.3 Å². The molecule has 1 aliphatic rings. The van der Waals surface area contributed by atoms with Crippen LogP contribution >= 0.6 is 7.59 Å². The van der Waals surface area contributed by atoms with Crippen molar-refractivity contribution in [3.05, 3.63) is 35.9 Å². The lowest BCUT2D eigenvalue weighted by molar-refractivity contribution is -0.129. The fraction of sp³-hybridized carbons (Fsp3) is 0.385. The summed E-state index contributed by atoms with van der Waals surface area (Å²) in [6.45, 7) is 0.242. The molecule has 1 heterocycles. The molecular formula is C13H19N4O3P. The third-order valence-corrected chi connectivity index (χ3v) is 4.99. The van der Waals surface area contributed by atoms with Gasteiger partial charge in [-0.05, 0) is 18.4 Å². The topological polar surface area (TPSA) is 119 Å². The fourth-order valence-electron chi connectivity index (χ4n) is 2.24. The Morgan fingerprint density at radius 3 is 2.71 bits per heavy atom. The highest BCUT2D eigenvalue weighted by molar-refractivity contribution is 7.58. The van der Waals surface area contributed by atoms with E-state index >= 15 is 0 Å². The van der Waals surface area contributed by atoms with Gasteiger partial charge >= 0.3 is 7.59 Å². The highest BCUT2D eigenvalue weighted by atomic mass is 31.2. The van der Waals surface area contributed by atoms with Gasteiger partial charge in [0.25, 0.3) is 0 Å². The van der Waals surface area contributed by atoms with Crippen LogP contribution in [0.15, 0.2) is 30.3 Å². The van der Waals surface area contributed by atoms with Crippen LogP contribution in [-0.4, -0.2) is 29.1 Å². The van der Waals surface area contributed by atoms with Gasteiger partial charge < -0.3 is 5.73 Å². The molecule has 8 heteroatoms. The second-order valence-electron chi connectivity index (χ2n) is 5.03. The van der Waals surface area contributed by atoms with Crippen LogP contribution in [0.3, 0.4) is 0 Å². The summed E-state index contributed by atoms with van der Waals surface area (Å²) < 4.78 is 13.4. The maximum absolute atomic E-state index is 12.4. The summed E-state index contributed by atoms with van der Waals surface area (Å²) in [5, 5.41) is 2.27. The van der Waals surface area contributed by atoms with Crippen molar-refractivity contribution in [1.29, 1.82) is 0 Å². The van der Waals surface area contributed by atoms with E-state index in [1.807, 2.05) is 6.07 Å². The summed E-state index contributed by atoms with van der Waals surface area (Å²) in [7, 11) is -3.75. The van der Waals surface area contributed by atoms with Crippen LogP contribution in [-0.2, 0) is 20.6 Å². The molecule has 0 aromatic heterocycles. The van der Waals surface area contributed by atoms with Crippen LogP contribution in [0.1, 0.15) is 18.4 Å². The molecule has 21 heavy (non-hydrogen) atoms. The van der Waals surface area contributed by atoms with Crippen LogP contribution in [0, 0.1) is 0 Å². The van der Waals surface area contributed by atoms with Crippen LogP contribution in [0.5, 0.6) is 0 Å². The van der Waals surface area contributed by atoms with Crippen molar-refractivity contribution in [2.24, 2.45) is 11.2 Å². The molecule has 1 unspecified atom stereocenters. The molecule has 1 aromatic rings. The Hall–Kier alpha value is -1.69. The van der Waals surface area contributed by atoms with Crippen molar-refractivity contribution in [3.8, 4) is 0 Å². The minimum Gasteiger partial charge on any atom is -0.320 e. The molecule has 0 aliphatic carbocycles. The second kappa shape index (κ2) is 6.39. The van der Waals surface area contributed by atoms with E-state index in [-0.39, 0.29) is 13.0 Å². The molecule has 1 aromatic carbocycles. The molecule has 0 spiro atoms. The summed E-state index contributed by atoms with van der Waals surface area (Å²) in [6, 6.07) is 8.30. The largest absolute Gasteiger partial charge is 0.332 e. The van der Waals surface area contributed by atoms with Gasteiger partial charge in [-0.25, -0.2) is 5.50 Å². The first-order chi connectivity index (χ1) is 9.90.